The number of carbonyl (C=O) groups is 1. The molecule has 0 bridgehead atoms. The third-order valence-corrected chi connectivity index (χ3v) is 6.68. The first-order valence-electron chi connectivity index (χ1n) is 13.8. The monoisotopic (exact) mass is 532 g/mol. The number of ether oxygens (including phenoxy) is 1. The number of aryl methyl sites for hydroxylation is 1. The fourth-order valence-corrected chi connectivity index (χ4v) is 4.85. The molecule has 1 aliphatic heterocycles. The van der Waals surface area contributed by atoms with Crippen molar-refractivity contribution >= 4 is 12.1 Å². The largest absolute Gasteiger partial charge is 0.489 e. The summed E-state index contributed by atoms with van der Waals surface area (Å²) in [6, 6.07) is 3.25. The van der Waals surface area contributed by atoms with Crippen LogP contribution in [0.1, 0.15) is 57.9 Å². The average molecular weight is 533 g/mol. The van der Waals surface area contributed by atoms with Gasteiger partial charge in [0.2, 0.25) is 6.41 Å². The minimum Gasteiger partial charge on any atom is -0.489 e. The average Bonchev–Trinajstić information content (AvgIpc) is 3.15. The number of hydrogen-bond acceptors (Lipinski definition) is 5. The van der Waals surface area contributed by atoms with E-state index in [1.54, 1.807) is 0 Å². The van der Waals surface area contributed by atoms with Crippen molar-refractivity contribution in [2.24, 2.45) is 0 Å². The molecule has 3 aliphatic rings. The molecule has 1 saturated heterocycles. The van der Waals surface area contributed by atoms with E-state index in [-0.39, 0.29) is 12.5 Å². The number of halogens is 2. The van der Waals surface area contributed by atoms with Crippen LogP contribution in [0.5, 0.6) is 0 Å². The summed E-state index contributed by atoms with van der Waals surface area (Å²) in [5, 5.41) is 4.70. The summed E-state index contributed by atoms with van der Waals surface area (Å²) in [7, 11) is 3.75. The van der Waals surface area contributed by atoms with Gasteiger partial charge >= 0.3 is 0 Å². The normalized spacial score (nSPS) is 18.3. The summed E-state index contributed by atoms with van der Waals surface area (Å²) in [5.41, 5.74) is 1.17. The van der Waals surface area contributed by atoms with Crippen LogP contribution in [0, 0.1) is 18.6 Å². The lowest BCUT2D eigenvalue weighted by Crippen LogP contribution is -2.50. The molecule has 0 unspecified atom stereocenters. The van der Waals surface area contributed by atoms with E-state index in [9.17, 15) is 13.6 Å². The van der Waals surface area contributed by atoms with Gasteiger partial charge in [0.15, 0.2) is 5.82 Å². The van der Waals surface area contributed by atoms with Gasteiger partial charge in [0, 0.05) is 32.2 Å². The number of benzene rings is 1. The summed E-state index contributed by atoms with van der Waals surface area (Å²) >= 11 is 0. The number of carbonyl (C=O) groups excluding carboxylic acids is 1. The molecule has 4 rings (SSSR count). The smallest absolute Gasteiger partial charge is 0.211 e. The van der Waals surface area contributed by atoms with E-state index < -0.39 is 17.3 Å². The van der Waals surface area contributed by atoms with Crippen LogP contribution in [-0.4, -0.2) is 68.6 Å². The molecule has 2 aliphatic carbocycles. The first-order chi connectivity index (χ1) is 18.3. The third-order valence-electron chi connectivity index (χ3n) is 6.68. The van der Waals surface area contributed by atoms with Crippen molar-refractivity contribution in [3.8, 4) is 0 Å². The second-order valence-corrected chi connectivity index (χ2v) is 10.1. The molecule has 1 heterocycles. The first kappa shape index (κ1) is 31.5. The van der Waals surface area contributed by atoms with Crippen LogP contribution in [0.25, 0.3) is 0 Å². The fraction of sp³-hybridized carbons (Fsp3) is 0.567. The molecule has 0 spiro atoms. The Morgan fingerprint density at radius 2 is 1.71 bits per heavy atom. The van der Waals surface area contributed by atoms with Crippen LogP contribution in [-0.2, 0) is 9.53 Å². The van der Waals surface area contributed by atoms with Crippen molar-refractivity contribution in [1.29, 1.82) is 0 Å². The minimum absolute atomic E-state index is 0.228. The van der Waals surface area contributed by atoms with Crippen molar-refractivity contribution in [3.63, 3.8) is 0 Å². The molecular formula is C30H46F2N4O2. The van der Waals surface area contributed by atoms with Gasteiger partial charge in [-0.1, -0.05) is 37.5 Å². The van der Waals surface area contributed by atoms with E-state index in [4.69, 9.17) is 4.74 Å². The maximum Gasteiger partial charge on any atom is 0.211 e. The van der Waals surface area contributed by atoms with Gasteiger partial charge in [-0.2, -0.15) is 0 Å². The number of piperazine rings is 1. The van der Waals surface area contributed by atoms with Crippen LogP contribution >= 0.6 is 0 Å². The van der Waals surface area contributed by atoms with Gasteiger partial charge < -0.3 is 20.3 Å². The zero-order valence-corrected chi connectivity index (χ0v) is 23.7. The minimum atomic E-state index is -0.773. The highest BCUT2D eigenvalue weighted by atomic mass is 19.1. The Balaban J connectivity index is 0.000000284. The Bertz CT molecular complexity index is 948. The standard InChI is InChI=1S/C20H32N2O.C8H7F2NO.C2H7N/c1-17(2)23-20-12-8-4-7-11-19(20)22-15-13-21(14-16-22)18-9-5-3-6-10-18;1-5-2-3-6(9)8(7(5)10)11-4-12;1-3-2/h4,7,11-12,17-18H,3,5-6,8-10,13-16H2,1-2H3;2-4H,1H3,(H,11,12);3H,1-2H3. The van der Waals surface area contributed by atoms with E-state index in [0.717, 1.165) is 37.4 Å². The quantitative estimate of drug-likeness (QED) is 0.456. The summed E-state index contributed by atoms with van der Waals surface area (Å²) in [4.78, 5) is 15.2. The molecule has 6 nitrogen and oxygen atoms in total. The highest BCUT2D eigenvalue weighted by Gasteiger charge is 2.27. The predicted octanol–water partition coefficient (Wildman–Crippen LogP) is 5.77. The molecule has 0 radical (unpaired) electrons. The van der Waals surface area contributed by atoms with Gasteiger partial charge in [0.05, 0.1) is 11.8 Å². The zero-order valence-electron chi connectivity index (χ0n) is 23.7. The molecular weight excluding hydrogens is 486 g/mol. The van der Waals surface area contributed by atoms with Crippen molar-refractivity contribution in [3.05, 3.63) is 65.1 Å². The number of amides is 1. The van der Waals surface area contributed by atoms with Crippen LogP contribution < -0.4 is 10.6 Å². The number of nitrogens with zero attached hydrogens (tertiary/aromatic N) is 2. The molecule has 1 aromatic rings. The van der Waals surface area contributed by atoms with E-state index in [0.29, 0.717) is 5.56 Å². The van der Waals surface area contributed by atoms with Crippen molar-refractivity contribution in [2.75, 3.05) is 45.6 Å². The summed E-state index contributed by atoms with van der Waals surface area (Å²) in [6.45, 7) is 10.3. The van der Waals surface area contributed by atoms with Gasteiger partial charge in [-0.05, 0) is 77.9 Å². The van der Waals surface area contributed by atoms with Gasteiger partial charge in [-0.25, -0.2) is 8.78 Å². The van der Waals surface area contributed by atoms with Crippen LogP contribution in [0.3, 0.4) is 0 Å². The van der Waals surface area contributed by atoms with Crippen LogP contribution in [0.2, 0.25) is 0 Å². The first-order valence-corrected chi connectivity index (χ1v) is 13.8. The summed E-state index contributed by atoms with van der Waals surface area (Å²) in [6.07, 6.45) is 17.4. The van der Waals surface area contributed by atoms with Gasteiger partial charge in [0.25, 0.3) is 0 Å². The Kier molecular flexibility index (Phi) is 14.1. The molecule has 212 valence electrons. The molecule has 8 heteroatoms. The van der Waals surface area contributed by atoms with Crippen LogP contribution in [0.15, 0.2) is 47.9 Å². The second-order valence-electron chi connectivity index (χ2n) is 10.1. The van der Waals surface area contributed by atoms with Crippen molar-refractivity contribution < 1.29 is 18.3 Å². The molecule has 1 aromatic carbocycles. The third kappa shape index (κ3) is 9.87. The van der Waals surface area contributed by atoms with E-state index in [1.165, 1.54) is 63.9 Å². The number of rotatable bonds is 6. The highest BCUT2D eigenvalue weighted by molar-refractivity contribution is 5.72. The molecule has 2 N–H and O–H groups in total. The molecule has 0 aromatic heterocycles. The Hall–Kier alpha value is -2.71. The molecule has 0 atom stereocenters. The lowest BCUT2D eigenvalue weighted by molar-refractivity contribution is -0.105. The van der Waals surface area contributed by atoms with E-state index in [1.807, 2.05) is 19.4 Å². The predicted molar refractivity (Wildman–Crippen MR) is 152 cm³/mol. The molecule has 38 heavy (non-hydrogen) atoms. The Morgan fingerprint density at radius 1 is 1.05 bits per heavy atom. The Morgan fingerprint density at radius 3 is 2.32 bits per heavy atom. The maximum absolute atomic E-state index is 13.0. The van der Waals surface area contributed by atoms with E-state index >= 15 is 0 Å². The zero-order chi connectivity index (χ0) is 27.9. The SMILES string of the molecule is CC(C)OC1=CCC=CC=C1N1CCN(C2CCCCC2)CC1.CNC.Cc1ccc(F)c(NC=O)c1F. The highest BCUT2D eigenvalue weighted by Crippen LogP contribution is 2.27. The number of hydrogen-bond donors (Lipinski definition) is 2. The second kappa shape index (κ2) is 17.0. The topological polar surface area (TPSA) is 56.8 Å². The van der Waals surface area contributed by atoms with Gasteiger partial charge in [0.1, 0.15) is 17.3 Å². The van der Waals surface area contributed by atoms with Crippen LogP contribution in [0.4, 0.5) is 14.5 Å². The van der Waals surface area contributed by atoms with E-state index in [2.05, 4.69) is 53.3 Å². The lowest BCUT2D eigenvalue weighted by Gasteiger charge is -2.42. The van der Waals surface area contributed by atoms with Crippen molar-refractivity contribution in [2.45, 2.75) is 71.4 Å². The molecule has 1 saturated carbocycles. The van der Waals surface area contributed by atoms with Gasteiger partial charge in [-0.3, -0.25) is 9.69 Å². The number of nitrogens with one attached hydrogen (secondary N) is 2. The lowest BCUT2D eigenvalue weighted by atomic mass is 9.94. The number of allylic oxidation sites excluding steroid dienone is 4. The number of anilines is 1. The summed E-state index contributed by atoms with van der Waals surface area (Å²) < 4.78 is 31.8. The Labute approximate surface area is 227 Å². The fourth-order valence-electron chi connectivity index (χ4n) is 4.85. The molecule has 2 fully saturated rings. The van der Waals surface area contributed by atoms with Crippen molar-refractivity contribution in [1.82, 2.24) is 15.1 Å². The molecule has 1 amide bonds. The summed E-state index contributed by atoms with van der Waals surface area (Å²) in [5.74, 6) is -0.441. The van der Waals surface area contributed by atoms with Gasteiger partial charge in [-0.15, -0.1) is 0 Å². The maximum atomic E-state index is 13.0.